The average Bonchev–Trinajstić information content (AvgIpc) is 2.48. The Morgan fingerprint density at radius 1 is 1.05 bits per heavy atom. The molecule has 19 heavy (non-hydrogen) atoms. The molecular weight excluding hydrogens is 236 g/mol. The predicted octanol–water partition coefficient (Wildman–Crippen LogP) is 3.73. The SMILES string of the molecule is O=C(Nc1ccccc1)N1CC[C@H]2CCCC[C@@H]2C1. The number of piperidine rings is 1. The van der Waals surface area contributed by atoms with Gasteiger partial charge in [0.05, 0.1) is 0 Å². The first-order valence-corrected chi connectivity index (χ1v) is 7.44. The highest BCUT2D eigenvalue weighted by atomic mass is 16.2. The van der Waals surface area contributed by atoms with Crippen LogP contribution < -0.4 is 5.32 Å². The van der Waals surface area contributed by atoms with Gasteiger partial charge in [-0.15, -0.1) is 0 Å². The number of carbonyl (C=O) groups excluding carboxylic acids is 1. The van der Waals surface area contributed by atoms with Crippen LogP contribution in [0.25, 0.3) is 0 Å². The molecule has 102 valence electrons. The number of nitrogens with zero attached hydrogens (tertiary/aromatic N) is 1. The number of fused-ring (bicyclic) bond motifs is 1. The van der Waals surface area contributed by atoms with Crippen LogP contribution in [0.2, 0.25) is 0 Å². The lowest BCUT2D eigenvalue weighted by Gasteiger charge is -2.41. The number of benzene rings is 1. The fourth-order valence-electron chi connectivity index (χ4n) is 3.51. The zero-order valence-corrected chi connectivity index (χ0v) is 11.3. The molecule has 1 saturated heterocycles. The lowest BCUT2D eigenvalue weighted by molar-refractivity contribution is 0.108. The van der Waals surface area contributed by atoms with E-state index in [2.05, 4.69) is 5.32 Å². The minimum absolute atomic E-state index is 0.0650. The Morgan fingerprint density at radius 3 is 2.58 bits per heavy atom. The second-order valence-corrected chi connectivity index (χ2v) is 5.84. The molecule has 0 aromatic heterocycles. The zero-order chi connectivity index (χ0) is 13.1. The minimum Gasteiger partial charge on any atom is -0.324 e. The summed E-state index contributed by atoms with van der Waals surface area (Å²) >= 11 is 0. The van der Waals surface area contributed by atoms with Gasteiger partial charge in [-0.2, -0.15) is 0 Å². The van der Waals surface area contributed by atoms with Gasteiger partial charge in [-0.25, -0.2) is 4.79 Å². The van der Waals surface area contributed by atoms with Crippen molar-refractivity contribution in [2.24, 2.45) is 11.8 Å². The normalized spacial score (nSPS) is 26.6. The molecule has 0 bridgehead atoms. The number of amides is 2. The van der Waals surface area contributed by atoms with Gasteiger partial charge in [0, 0.05) is 18.8 Å². The number of rotatable bonds is 1. The monoisotopic (exact) mass is 258 g/mol. The second-order valence-electron chi connectivity index (χ2n) is 5.84. The molecular formula is C16H22N2O. The number of para-hydroxylation sites is 1. The molecule has 3 nitrogen and oxygen atoms in total. The molecule has 1 saturated carbocycles. The van der Waals surface area contributed by atoms with Crippen LogP contribution in [-0.2, 0) is 0 Å². The molecule has 0 spiro atoms. The summed E-state index contributed by atoms with van der Waals surface area (Å²) in [6.45, 7) is 1.86. The van der Waals surface area contributed by atoms with Crippen LogP contribution in [0.15, 0.2) is 30.3 Å². The van der Waals surface area contributed by atoms with Crippen molar-refractivity contribution in [3.63, 3.8) is 0 Å². The summed E-state index contributed by atoms with van der Waals surface area (Å²) in [5.41, 5.74) is 0.887. The third-order valence-corrected chi connectivity index (χ3v) is 4.60. The lowest BCUT2D eigenvalue weighted by Crippen LogP contribution is -2.46. The van der Waals surface area contributed by atoms with Gasteiger partial charge in [0.25, 0.3) is 0 Å². The van der Waals surface area contributed by atoms with E-state index in [0.29, 0.717) is 0 Å². The molecule has 3 heteroatoms. The van der Waals surface area contributed by atoms with Crippen LogP contribution >= 0.6 is 0 Å². The van der Waals surface area contributed by atoms with Crippen LogP contribution in [0, 0.1) is 11.8 Å². The molecule has 1 N–H and O–H groups in total. The third-order valence-electron chi connectivity index (χ3n) is 4.60. The minimum atomic E-state index is 0.0650. The summed E-state index contributed by atoms with van der Waals surface area (Å²) < 4.78 is 0. The van der Waals surface area contributed by atoms with E-state index in [0.717, 1.165) is 30.6 Å². The molecule has 1 heterocycles. The van der Waals surface area contributed by atoms with Crippen molar-refractivity contribution in [2.45, 2.75) is 32.1 Å². The van der Waals surface area contributed by atoms with Crippen molar-refractivity contribution in [3.05, 3.63) is 30.3 Å². The first-order chi connectivity index (χ1) is 9.33. The largest absolute Gasteiger partial charge is 0.324 e. The summed E-state index contributed by atoms with van der Waals surface area (Å²) in [7, 11) is 0. The molecule has 2 fully saturated rings. The van der Waals surface area contributed by atoms with Gasteiger partial charge in [0.15, 0.2) is 0 Å². The van der Waals surface area contributed by atoms with Crippen LogP contribution in [0.3, 0.4) is 0 Å². The van der Waals surface area contributed by atoms with Gasteiger partial charge >= 0.3 is 6.03 Å². The van der Waals surface area contributed by atoms with E-state index in [4.69, 9.17) is 0 Å². The lowest BCUT2D eigenvalue weighted by atomic mass is 9.75. The highest BCUT2D eigenvalue weighted by Gasteiger charge is 2.32. The summed E-state index contributed by atoms with van der Waals surface area (Å²) in [5.74, 6) is 1.61. The molecule has 2 atom stereocenters. The molecule has 1 aliphatic heterocycles. The Labute approximate surface area is 115 Å². The van der Waals surface area contributed by atoms with E-state index in [1.807, 2.05) is 35.2 Å². The number of carbonyl (C=O) groups is 1. The standard InChI is InChI=1S/C16H22N2O/c19-16(17-15-8-2-1-3-9-15)18-11-10-13-6-4-5-7-14(13)12-18/h1-3,8-9,13-14H,4-7,10-12H2,(H,17,19)/t13-,14-/m1/s1. The van der Waals surface area contributed by atoms with Crippen LogP contribution in [0.4, 0.5) is 10.5 Å². The number of hydrogen-bond donors (Lipinski definition) is 1. The van der Waals surface area contributed by atoms with Crippen LogP contribution in [0.1, 0.15) is 32.1 Å². The van der Waals surface area contributed by atoms with E-state index in [-0.39, 0.29) is 6.03 Å². The Morgan fingerprint density at radius 2 is 1.79 bits per heavy atom. The Hall–Kier alpha value is -1.51. The predicted molar refractivity (Wildman–Crippen MR) is 77.1 cm³/mol. The van der Waals surface area contributed by atoms with Crippen molar-refractivity contribution in [1.29, 1.82) is 0 Å². The van der Waals surface area contributed by atoms with Gasteiger partial charge in [-0.05, 0) is 36.8 Å². The summed E-state index contributed by atoms with van der Waals surface area (Å²) in [4.78, 5) is 14.3. The van der Waals surface area contributed by atoms with Crippen molar-refractivity contribution in [3.8, 4) is 0 Å². The van der Waals surface area contributed by atoms with Gasteiger partial charge in [0.1, 0.15) is 0 Å². The smallest absolute Gasteiger partial charge is 0.321 e. The molecule has 0 radical (unpaired) electrons. The fourth-order valence-corrected chi connectivity index (χ4v) is 3.51. The van der Waals surface area contributed by atoms with Gasteiger partial charge < -0.3 is 10.2 Å². The molecule has 1 aromatic rings. The van der Waals surface area contributed by atoms with Gasteiger partial charge in [-0.3, -0.25) is 0 Å². The maximum absolute atomic E-state index is 12.3. The van der Waals surface area contributed by atoms with E-state index < -0.39 is 0 Å². The molecule has 2 aliphatic rings. The topological polar surface area (TPSA) is 32.3 Å². The van der Waals surface area contributed by atoms with Gasteiger partial charge in [-0.1, -0.05) is 37.5 Å². The molecule has 2 amide bonds. The quantitative estimate of drug-likeness (QED) is 0.818. The Balaban J connectivity index is 1.59. The Bertz CT molecular complexity index is 432. The molecule has 3 rings (SSSR count). The van der Waals surface area contributed by atoms with Crippen LogP contribution in [-0.4, -0.2) is 24.0 Å². The Kier molecular flexibility index (Phi) is 3.72. The van der Waals surface area contributed by atoms with Crippen molar-refractivity contribution in [2.75, 3.05) is 18.4 Å². The van der Waals surface area contributed by atoms with E-state index >= 15 is 0 Å². The number of likely N-dealkylation sites (tertiary alicyclic amines) is 1. The maximum atomic E-state index is 12.3. The molecule has 1 aliphatic carbocycles. The third kappa shape index (κ3) is 2.91. The van der Waals surface area contributed by atoms with Crippen LogP contribution in [0.5, 0.6) is 0 Å². The first kappa shape index (κ1) is 12.5. The maximum Gasteiger partial charge on any atom is 0.321 e. The number of hydrogen-bond acceptors (Lipinski definition) is 1. The van der Waals surface area contributed by atoms with Crippen molar-refractivity contribution in [1.82, 2.24) is 4.90 Å². The first-order valence-electron chi connectivity index (χ1n) is 7.44. The van der Waals surface area contributed by atoms with Crippen molar-refractivity contribution < 1.29 is 4.79 Å². The average molecular weight is 258 g/mol. The highest BCUT2D eigenvalue weighted by molar-refractivity contribution is 5.89. The summed E-state index contributed by atoms with van der Waals surface area (Å²) in [5, 5.41) is 2.99. The number of anilines is 1. The fraction of sp³-hybridized carbons (Fsp3) is 0.562. The summed E-state index contributed by atoms with van der Waals surface area (Å²) in [6.07, 6.45) is 6.60. The number of nitrogens with one attached hydrogen (secondary N) is 1. The van der Waals surface area contributed by atoms with E-state index in [1.54, 1.807) is 0 Å². The van der Waals surface area contributed by atoms with E-state index in [1.165, 1.54) is 32.1 Å². The van der Waals surface area contributed by atoms with Crippen molar-refractivity contribution >= 4 is 11.7 Å². The van der Waals surface area contributed by atoms with E-state index in [9.17, 15) is 4.79 Å². The van der Waals surface area contributed by atoms with Gasteiger partial charge in [0.2, 0.25) is 0 Å². The number of urea groups is 1. The molecule has 0 unspecified atom stereocenters. The summed E-state index contributed by atoms with van der Waals surface area (Å²) in [6, 6.07) is 9.79. The highest BCUT2D eigenvalue weighted by Crippen LogP contribution is 2.36. The zero-order valence-electron chi connectivity index (χ0n) is 11.3. The molecule has 1 aromatic carbocycles. The second kappa shape index (κ2) is 5.64.